The van der Waals surface area contributed by atoms with Gasteiger partial charge >= 0.3 is 5.51 Å². The maximum absolute atomic E-state index is 13.1. The molecule has 0 spiro atoms. The van der Waals surface area contributed by atoms with Crippen LogP contribution in [0, 0.1) is 13.8 Å². The summed E-state index contributed by atoms with van der Waals surface area (Å²) in [5, 5.41) is 3.66. The zero-order valence-electron chi connectivity index (χ0n) is 16.2. The minimum absolute atomic E-state index is 0.0208. The van der Waals surface area contributed by atoms with Crippen LogP contribution in [0.2, 0.25) is 0 Å². The van der Waals surface area contributed by atoms with E-state index < -0.39 is 30.3 Å². The number of sulfone groups is 1. The van der Waals surface area contributed by atoms with Gasteiger partial charge in [0.2, 0.25) is 10.0 Å². The normalized spacial score (nSPS) is 17.2. The number of aryl methyl sites for hydroxylation is 2. The first-order valence-corrected chi connectivity index (χ1v) is 11.9. The molecule has 0 amide bonds. The zero-order valence-corrected chi connectivity index (χ0v) is 17.8. The van der Waals surface area contributed by atoms with Crippen molar-refractivity contribution in [2.75, 3.05) is 31.1 Å². The quantitative estimate of drug-likeness (QED) is 0.681. The molecule has 8 nitrogen and oxygen atoms in total. The summed E-state index contributed by atoms with van der Waals surface area (Å²) in [6.07, 6.45) is 0.295. The van der Waals surface area contributed by atoms with Crippen molar-refractivity contribution in [1.29, 1.82) is 0 Å². The molecule has 0 N–H and O–H groups in total. The monoisotopic (exact) mass is 467 g/mol. The van der Waals surface area contributed by atoms with Crippen LogP contribution in [0.3, 0.4) is 0 Å². The predicted molar refractivity (Wildman–Crippen MR) is 101 cm³/mol. The Morgan fingerprint density at radius 3 is 2.27 bits per heavy atom. The topological polar surface area (TPSA) is 101 Å². The molecule has 2 heterocycles. The fourth-order valence-electron chi connectivity index (χ4n) is 3.42. The maximum Gasteiger partial charge on any atom is 0.501 e. The highest BCUT2D eigenvalue weighted by Crippen LogP contribution is 2.36. The van der Waals surface area contributed by atoms with Gasteiger partial charge in [0.25, 0.3) is 9.84 Å². The summed E-state index contributed by atoms with van der Waals surface area (Å²) in [5.41, 5.74) is -5.32. The number of hydrogen-bond acceptors (Lipinski definition) is 7. The summed E-state index contributed by atoms with van der Waals surface area (Å²) >= 11 is 0. The zero-order chi connectivity index (χ0) is 22.3. The van der Waals surface area contributed by atoms with Gasteiger partial charge in [-0.05, 0) is 32.4 Å². The molecule has 30 heavy (non-hydrogen) atoms. The lowest BCUT2D eigenvalue weighted by atomic mass is 10.2. The van der Waals surface area contributed by atoms with Crippen molar-refractivity contribution in [2.24, 2.45) is 0 Å². The van der Waals surface area contributed by atoms with Gasteiger partial charge in [0.1, 0.15) is 10.6 Å². The molecule has 0 aliphatic carbocycles. The van der Waals surface area contributed by atoms with Crippen LogP contribution >= 0.6 is 0 Å². The fraction of sp³-hybridized carbons (Fsp3) is 0.471. The second kappa shape index (κ2) is 7.85. The van der Waals surface area contributed by atoms with Crippen molar-refractivity contribution in [1.82, 2.24) is 9.46 Å². The summed E-state index contributed by atoms with van der Waals surface area (Å²) in [5.74, 6) is 0.148. The highest BCUT2D eigenvalue weighted by molar-refractivity contribution is 7.92. The number of benzene rings is 1. The summed E-state index contributed by atoms with van der Waals surface area (Å²) in [7, 11) is -9.47. The molecule has 1 aliphatic heterocycles. The molecule has 1 aliphatic rings. The largest absolute Gasteiger partial charge is 0.501 e. The number of alkyl halides is 3. The smallest absolute Gasteiger partial charge is 0.369 e. The number of aromatic nitrogens is 1. The third-order valence-electron chi connectivity index (χ3n) is 4.82. The second-order valence-electron chi connectivity index (χ2n) is 6.81. The molecule has 166 valence electrons. The van der Waals surface area contributed by atoms with E-state index in [4.69, 9.17) is 4.52 Å². The minimum Gasteiger partial charge on any atom is -0.369 e. The van der Waals surface area contributed by atoms with Crippen molar-refractivity contribution in [3.05, 3.63) is 35.7 Å². The Hall–Kier alpha value is -2.12. The first kappa shape index (κ1) is 22.6. The summed E-state index contributed by atoms with van der Waals surface area (Å²) in [6.45, 7) is 3.29. The van der Waals surface area contributed by atoms with Gasteiger partial charge in [-0.1, -0.05) is 17.3 Å². The molecule has 0 atom stereocenters. The highest BCUT2D eigenvalue weighted by atomic mass is 32.2. The number of halogens is 3. The molecule has 0 saturated carbocycles. The molecule has 13 heteroatoms. The SMILES string of the molecule is Cc1noc(C)c1S(=O)(=O)N1CCCN(c2ccccc2S(=O)(=O)C(F)(F)F)CC1. The number of anilines is 1. The second-order valence-corrected chi connectivity index (χ2v) is 10.6. The molecule has 0 unspecified atom stereocenters. The Balaban J connectivity index is 1.91. The van der Waals surface area contributed by atoms with E-state index in [-0.39, 0.29) is 48.2 Å². The summed E-state index contributed by atoms with van der Waals surface area (Å²) in [4.78, 5) is 0.581. The first-order valence-electron chi connectivity index (χ1n) is 8.95. The average Bonchev–Trinajstić information content (AvgIpc) is 2.86. The van der Waals surface area contributed by atoms with Crippen LogP contribution in [0.15, 0.2) is 38.6 Å². The molecule has 0 radical (unpaired) electrons. The molecular formula is C17H20F3N3O5S2. The predicted octanol–water partition coefficient (Wildman–Crippen LogP) is 2.49. The lowest BCUT2D eigenvalue weighted by Gasteiger charge is -2.26. The van der Waals surface area contributed by atoms with E-state index in [0.717, 1.165) is 6.07 Å². The minimum atomic E-state index is -5.55. The van der Waals surface area contributed by atoms with Crippen LogP contribution in [0.25, 0.3) is 0 Å². The molecular weight excluding hydrogens is 447 g/mol. The van der Waals surface area contributed by atoms with Gasteiger partial charge in [-0.25, -0.2) is 16.8 Å². The van der Waals surface area contributed by atoms with Gasteiger partial charge in [-0.2, -0.15) is 17.5 Å². The molecule has 1 saturated heterocycles. The van der Waals surface area contributed by atoms with Gasteiger partial charge in [-0.15, -0.1) is 0 Å². The van der Waals surface area contributed by atoms with Crippen LogP contribution < -0.4 is 4.90 Å². The average molecular weight is 467 g/mol. The lowest BCUT2D eigenvalue weighted by molar-refractivity contribution is -0.0435. The molecule has 1 fully saturated rings. The molecule has 0 bridgehead atoms. The molecule has 3 rings (SSSR count). The number of sulfonamides is 1. The van der Waals surface area contributed by atoms with Crippen LogP contribution in [0.1, 0.15) is 17.9 Å². The van der Waals surface area contributed by atoms with Crippen LogP contribution in [0.4, 0.5) is 18.9 Å². The summed E-state index contributed by atoms with van der Waals surface area (Å²) < 4.78 is 95.4. The van der Waals surface area contributed by atoms with Crippen LogP contribution in [0.5, 0.6) is 0 Å². The standard InChI is InChI=1S/C17H20F3N3O5S2/c1-12-16(13(2)28-21-12)30(26,27)23-9-5-8-22(10-11-23)14-6-3-4-7-15(14)29(24,25)17(18,19)20/h3-4,6-7H,5,8-11H2,1-2H3. The third-order valence-corrected chi connectivity index (χ3v) is 8.50. The van der Waals surface area contributed by atoms with Crippen LogP contribution in [-0.2, 0) is 19.9 Å². The number of nitrogens with zero attached hydrogens (tertiary/aromatic N) is 3. The fourth-order valence-corrected chi connectivity index (χ4v) is 6.16. The van der Waals surface area contributed by atoms with Crippen molar-refractivity contribution in [3.8, 4) is 0 Å². The van der Waals surface area contributed by atoms with E-state index in [1.807, 2.05) is 0 Å². The Bertz CT molecular complexity index is 1120. The lowest BCUT2D eigenvalue weighted by Crippen LogP contribution is -2.36. The Morgan fingerprint density at radius 1 is 1.00 bits per heavy atom. The van der Waals surface area contributed by atoms with E-state index in [0.29, 0.717) is 6.42 Å². The van der Waals surface area contributed by atoms with Crippen molar-refractivity contribution in [2.45, 2.75) is 35.6 Å². The Morgan fingerprint density at radius 2 is 1.67 bits per heavy atom. The van der Waals surface area contributed by atoms with Crippen molar-refractivity contribution >= 4 is 25.5 Å². The number of rotatable bonds is 4. The van der Waals surface area contributed by atoms with Gasteiger partial charge in [0.05, 0.1) is 10.6 Å². The van der Waals surface area contributed by atoms with Crippen LogP contribution in [-0.4, -0.2) is 58.0 Å². The number of para-hydroxylation sites is 1. The molecule has 2 aromatic rings. The van der Waals surface area contributed by atoms with Gasteiger partial charge in [-0.3, -0.25) is 0 Å². The van der Waals surface area contributed by atoms with E-state index in [1.54, 1.807) is 0 Å². The summed E-state index contributed by atoms with van der Waals surface area (Å²) in [6, 6.07) is 4.85. The Kier molecular flexibility index (Phi) is 5.91. The molecule has 1 aromatic carbocycles. The van der Waals surface area contributed by atoms with E-state index in [9.17, 15) is 30.0 Å². The van der Waals surface area contributed by atoms with E-state index >= 15 is 0 Å². The van der Waals surface area contributed by atoms with E-state index in [1.165, 1.54) is 41.3 Å². The van der Waals surface area contributed by atoms with E-state index in [2.05, 4.69) is 5.16 Å². The Labute approximate surface area is 172 Å². The van der Waals surface area contributed by atoms with Crippen molar-refractivity contribution in [3.63, 3.8) is 0 Å². The first-order chi connectivity index (χ1) is 13.9. The van der Waals surface area contributed by atoms with Crippen molar-refractivity contribution < 1.29 is 34.5 Å². The van der Waals surface area contributed by atoms with Gasteiger partial charge in [0.15, 0.2) is 5.76 Å². The molecule has 1 aromatic heterocycles. The maximum atomic E-state index is 13.1. The van der Waals surface area contributed by atoms with Gasteiger partial charge < -0.3 is 9.42 Å². The number of hydrogen-bond donors (Lipinski definition) is 0. The highest BCUT2D eigenvalue weighted by Gasteiger charge is 2.48. The third kappa shape index (κ3) is 3.93. The van der Waals surface area contributed by atoms with Gasteiger partial charge in [0, 0.05) is 26.2 Å².